The summed E-state index contributed by atoms with van der Waals surface area (Å²) >= 11 is 0. The lowest BCUT2D eigenvalue weighted by Crippen LogP contribution is -2.56. The van der Waals surface area contributed by atoms with Crippen molar-refractivity contribution in [2.75, 3.05) is 26.9 Å². The topological polar surface area (TPSA) is 99.0 Å². The number of nitrogens with one attached hydrogen (secondary N) is 1. The quantitative estimate of drug-likeness (QED) is 0.402. The van der Waals surface area contributed by atoms with Crippen molar-refractivity contribution in [3.8, 4) is 0 Å². The van der Waals surface area contributed by atoms with Gasteiger partial charge < -0.3 is 25.4 Å². The molecule has 72 valence electrons. The molecule has 6 heteroatoms. The second-order valence-electron chi connectivity index (χ2n) is 2.37. The number of carbonyl (C=O) groups is 1. The molecule has 0 aromatic rings. The molecule has 0 fully saturated rings. The van der Waals surface area contributed by atoms with Crippen LogP contribution in [0.25, 0.3) is 0 Å². The summed E-state index contributed by atoms with van der Waals surface area (Å²) in [6, 6.07) is 0. The predicted molar refractivity (Wildman–Crippen MR) is 39.5 cm³/mol. The summed E-state index contributed by atoms with van der Waals surface area (Å²) in [5.74, 6) is 0. The number of hydrogen-bond donors (Lipinski definition) is 4. The third-order valence-electron chi connectivity index (χ3n) is 1.46. The van der Waals surface area contributed by atoms with Gasteiger partial charge in [0.1, 0.15) is 5.54 Å². The van der Waals surface area contributed by atoms with Crippen LogP contribution < -0.4 is 5.32 Å². The third kappa shape index (κ3) is 2.65. The number of ether oxygens (including phenoxy) is 1. The van der Waals surface area contributed by atoms with E-state index in [2.05, 4.69) is 10.1 Å². The Morgan fingerprint density at radius 1 is 1.33 bits per heavy atom. The van der Waals surface area contributed by atoms with E-state index in [9.17, 15) is 4.79 Å². The lowest BCUT2D eigenvalue weighted by molar-refractivity contribution is 0.0401. The van der Waals surface area contributed by atoms with Gasteiger partial charge in [0.2, 0.25) is 0 Å². The molecule has 0 bridgehead atoms. The van der Waals surface area contributed by atoms with E-state index in [-0.39, 0.29) is 0 Å². The monoisotopic (exact) mass is 179 g/mol. The zero-order valence-corrected chi connectivity index (χ0v) is 6.78. The molecular formula is C6H13NO5. The summed E-state index contributed by atoms with van der Waals surface area (Å²) in [4.78, 5) is 10.6. The van der Waals surface area contributed by atoms with Crippen molar-refractivity contribution in [2.45, 2.75) is 5.54 Å². The van der Waals surface area contributed by atoms with E-state index in [1.54, 1.807) is 0 Å². The van der Waals surface area contributed by atoms with E-state index in [4.69, 9.17) is 15.3 Å². The zero-order chi connectivity index (χ0) is 9.61. The van der Waals surface area contributed by atoms with Gasteiger partial charge in [-0.25, -0.2) is 4.79 Å². The molecule has 0 aliphatic heterocycles. The maximum Gasteiger partial charge on any atom is 0.407 e. The van der Waals surface area contributed by atoms with E-state index in [0.717, 1.165) is 7.11 Å². The van der Waals surface area contributed by atoms with Crippen molar-refractivity contribution in [3.05, 3.63) is 0 Å². The molecule has 4 N–H and O–H groups in total. The minimum absolute atomic E-state index is 0.560. The molecule has 0 spiro atoms. The first kappa shape index (κ1) is 11.2. The SMILES string of the molecule is COC(=O)NC(CO)(CO)CO. The van der Waals surface area contributed by atoms with Gasteiger partial charge in [-0.1, -0.05) is 0 Å². The molecular weight excluding hydrogens is 166 g/mol. The van der Waals surface area contributed by atoms with Gasteiger partial charge in [-0.2, -0.15) is 0 Å². The highest BCUT2D eigenvalue weighted by molar-refractivity contribution is 5.68. The third-order valence-corrected chi connectivity index (χ3v) is 1.46. The minimum Gasteiger partial charge on any atom is -0.453 e. The number of methoxy groups -OCH3 is 1. The van der Waals surface area contributed by atoms with Crippen molar-refractivity contribution in [1.82, 2.24) is 5.32 Å². The summed E-state index contributed by atoms with van der Waals surface area (Å²) in [7, 11) is 1.15. The van der Waals surface area contributed by atoms with Crippen molar-refractivity contribution in [3.63, 3.8) is 0 Å². The molecule has 0 aliphatic carbocycles. The van der Waals surface area contributed by atoms with Crippen molar-refractivity contribution < 1.29 is 24.9 Å². The molecule has 0 unspecified atom stereocenters. The van der Waals surface area contributed by atoms with E-state index in [1.165, 1.54) is 0 Å². The average molecular weight is 179 g/mol. The van der Waals surface area contributed by atoms with Gasteiger partial charge >= 0.3 is 6.09 Å². The first-order chi connectivity index (χ1) is 5.64. The largest absolute Gasteiger partial charge is 0.453 e. The Labute approximate surface area is 69.8 Å². The molecule has 0 atom stereocenters. The minimum atomic E-state index is -1.41. The highest BCUT2D eigenvalue weighted by Gasteiger charge is 2.30. The number of carbonyl (C=O) groups excluding carboxylic acids is 1. The fraction of sp³-hybridized carbons (Fsp3) is 0.833. The van der Waals surface area contributed by atoms with Crippen molar-refractivity contribution in [2.24, 2.45) is 0 Å². The first-order valence-electron chi connectivity index (χ1n) is 3.33. The molecule has 0 aromatic heterocycles. The highest BCUT2D eigenvalue weighted by Crippen LogP contribution is 2.01. The highest BCUT2D eigenvalue weighted by atomic mass is 16.5. The normalized spacial score (nSPS) is 11.0. The van der Waals surface area contributed by atoms with Crippen LogP contribution in [0.5, 0.6) is 0 Å². The van der Waals surface area contributed by atoms with Gasteiger partial charge in [-0.15, -0.1) is 0 Å². The molecule has 0 aliphatic rings. The maximum absolute atomic E-state index is 10.6. The van der Waals surface area contributed by atoms with Gasteiger partial charge in [-0.05, 0) is 0 Å². The second-order valence-corrected chi connectivity index (χ2v) is 2.37. The van der Waals surface area contributed by atoms with Crippen LogP contribution in [-0.2, 0) is 4.74 Å². The first-order valence-corrected chi connectivity index (χ1v) is 3.33. The maximum atomic E-state index is 10.6. The van der Waals surface area contributed by atoms with E-state index >= 15 is 0 Å². The van der Waals surface area contributed by atoms with Gasteiger partial charge in [0.15, 0.2) is 0 Å². The summed E-state index contributed by atoms with van der Waals surface area (Å²) in [5, 5.41) is 28.3. The number of alkyl carbamates (subject to hydrolysis) is 1. The van der Waals surface area contributed by atoms with E-state index < -0.39 is 31.5 Å². The van der Waals surface area contributed by atoms with Crippen LogP contribution >= 0.6 is 0 Å². The zero-order valence-electron chi connectivity index (χ0n) is 6.78. The Balaban J connectivity index is 4.19. The molecule has 0 saturated carbocycles. The molecule has 0 aromatic carbocycles. The van der Waals surface area contributed by atoms with Crippen molar-refractivity contribution in [1.29, 1.82) is 0 Å². The van der Waals surface area contributed by atoms with Gasteiger partial charge in [0, 0.05) is 0 Å². The molecule has 6 nitrogen and oxygen atoms in total. The number of rotatable bonds is 4. The predicted octanol–water partition coefficient (Wildman–Crippen LogP) is -1.94. The summed E-state index contributed by atoms with van der Waals surface area (Å²) in [6.45, 7) is -1.68. The number of hydrogen-bond acceptors (Lipinski definition) is 5. The Hall–Kier alpha value is -0.850. The smallest absolute Gasteiger partial charge is 0.407 e. The van der Waals surface area contributed by atoms with E-state index in [0.29, 0.717) is 0 Å². The molecule has 0 radical (unpaired) electrons. The fourth-order valence-electron chi connectivity index (χ4n) is 0.536. The summed E-state index contributed by atoms with van der Waals surface area (Å²) in [5.41, 5.74) is -1.41. The fourth-order valence-corrected chi connectivity index (χ4v) is 0.536. The van der Waals surface area contributed by atoms with Crippen LogP contribution in [0.4, 0.5) is 4.79 Å². The van der Waals surface area contributed by atoms with Gasteiger partial charge in [0.05, 0.1) is 26.9 Å². The van der Waals surface area contributed by atoms with Crippen LogP contribution in [0.2, 0.25) is 0 Å². The van der Waals surface area contributed by atoms with Crippen LogP contribution in [0.3, 0.4) is 0 Å². The number of aliphatic hydroxyl groups is 3. The average Bonchev–Trinajstić information content (AvgIpc) is 2.14. The molecule has 0 saturated heterocycles. The van der Waals surface area contributed by atoms with Crippen molar-refractivity contribution >= 4 is 6.09 Å². The van der Waals surface area contributed by atoms with Crippen LogP contribution in [-0.4, -0.2) is 53.9 Å². The van der Waals surface area contributed by atoms with E-state index in [1.807, 2.05) is 0 Å². The number of amides is 1. The summed E-state index contributed by atoms with van der Waals surface area (Å²) < 4.78 is 4.23. The lowest BCUT2D eigenvalue weighted by atomic mass is 10.0. The standard InChI is InChI=1S/C6H13NO5/c1-12-5(11)7-6(2-8,3-9)4-10/h8-10H,2-4H2,1H3,(H,7,11). The van der Waals surface area contributed by atoms with Crippen LogP contribution in [0, 0.1) is 0 Å². The van der Waals surface area contributed by atoms with Gasteiger partial charge in [0.25, 0.3) is 0 Å². The molecule has 1 amide bonds. The molecule has 0 rings (SSSR count). The Morgan fingerprint density at radius 3 is 2.00 bits per heavy atom. The Kier molecular flexibility index (Phi) is 4.57. The molecule has 0 heterocycles. The molecule has 12 heavy (non-hydrogen) atoms. The van der Waals surface area contributed by atoms with Gasteiger partial charge in [-0.3, -0.25) is 0 Å². The van der Waals surface area contributed by atoms with Crippen LogP contribution in [0.15, 0.2) is 0 Å². The van der Waals surface area contributed by atoms with Crippen LogP contribution in [0.1, 0.15) is 0 Å². The second kappa shape index (κ2) is 4.91. The lowest BCUT2D eigenvalue weighted by Gasteiger charge is -2.27. The number of aliphatic hydroxyl groups excluding tert-OH is 3. The Bertz CT molecular complexity index is 137. The summed E-state index contributed by atoms with van der Waals surface area (Å²) in [6.07, 6.45) is -0.813. The Morgan fingerprint density at radius 2 is 1.75 bits per heavy atom.